The van der Waals surface area contributed by atoms with Crippen LogP contribution in [0.15, 0.2) is 24.3 Å². The summed E-state index contributed by atoms with van der Waals surface area (Å²) in [5.41, 5.74) is 0.873. The summed E-state index contributed by atoms with van der Waals surface area (Å²) in [4.78, 5) is 0. The Bertz CT molecular complexity index is 422. The molecule has 106 valence electrons. The van der Waals surface area contributed by atoms with E-state index in [-0.39, 0.29) is 0 Å². The molecule has 0 amide bonds. The molecule has 0 saturated heterocycles. The molecule has 0 spiro atoms. The summed E-state index contributed by atoms with van der Waals surface area (Å²) in [7, 11) is 0. The molecule has 1 atom stereocenters. The summed E-state index contributed by atoms with van der Waals surface area (Å²) in [6.45, 7) is 5.79. The van der Waals surface area contributed by atoms with E-state index in [9.17, 15) is 8.78 Å². The van der Waals surface area contributed by atoms with Crippen molar-refractivity contribution in [1.29, 1.82) is 0 Å². The zero-order chi connectivity index (χ0) is 14.3. The van der Waals surface area contributed by atoms with Crippen LogP contribution in [0.2, 0.25) is 0 Å². The fourth-order valence-electron chi connectivity index (χ4n) is 2.41. The maximum atomic E-state index is 13.7. The Kier molecular flexibility index (Phi) is 6.75. The normalized spacial score (nSPS) is 13.1. The Morgan fingerprint density at radius 1 is 1.16 bits per heavy atom. The minimum atomic E-state index is -0.698. The highest BCUT2D eigenvalue weighted by Crippen LogP contribution is 2.20. The zero-order valence-electron chi connectivity index (χ0n) is 12.2. The minimum absolute atomic E-state index is 0.374. The predicted octanol–water partition coefficient (Wildman–Crippen LogP) is 5.59. The Balaban J connectivity index is 2.55. The number of aryl methyl sites for hydroxylation is 2. The first-order valence-electron chi connectivity index (χ1n) is 7.16. The molecule has 0 aliphatic heterocycles. The van der Waals surface area contributed by atoms with E-state index in [4.69, 9.17) is 0 Å². The number of hydrogen-bond donors (Lipinski definition) is 0. The van der Waals surface area contributed by atoms with Gasteiger partial charge < -0.3 is 0 Å². The van der Waals surface area contributed by atoms with Gasteiger partial charge in [0.1, 0.15) is 0 Å². The number of hydrogen-bond acceptors (Lipinski definition) is 0. The van der Waals surface area contributed by atoms with Crippen LogP contribution in [0.4, 0.5) is 8.78 Å². The summed E-state index contributed by atoms with van der Waals surface area (Å²) in [5.74, 6) is -0.803. The lowest BCUT2D eigenvalue weighted by Gasteiger charge is -2.12. The van der Waals surface area contributed by atoms with Crippen LogP contribution in [0.25, 0.3) is 0 Å². The molecule has 0 saturated carbocycles. The van der Waals surface area contributed by atoms with Gasteiger partial charge in [-0.2, -0.15) is 0 Å². The van der Waals surface area contributed by atoms with Crippen molar-refractivity contribution >= 4 is 0 Å². The highest BCUT2D eigenvalue weighted by molar-refractivity contribution is 5.25. The van der Waals surface area contributed by atoms with E-state index >= 15 is 0 Å². The fourth-order valence-corrected chi connectivity index (χ4v) is 2.41. The van der Waals surface area contributed by atoms with Crippen molar-refractivity contribution in [1.82, 2.24) is 0 Å². The zero-order valence-corrected chi connectivity index (χ0v) is 12.2. The van der Waals surface area contributed by atoms with Crippen molar-refractivity contribution in [2.24, 2.45) is 5.92 Å². The molecule has 0 aromatic heterocycles. The smallest absolute Gasteiger partial charge is 0.162 e. The van der Waals surface area contributed by atoms with Crippen molar-refractivity contribution in [2.75, 3.05) is 0 Å². The number of benzene rings is 1. The lowest BCUT2D eigenvalue weighted by atomic mass is 9.95. The highest BCUT2D eigenvalue weighted by Gasteiger charge is 2.11. The average Bonchev–Trinajstić information content (AvgIpc) is 2.39. The van der Waals surface area contributed by atoms with E-state index < -0.39 is 11.6 Å². The van der Waals surface area contributed by atoms with Gasteiger partial charge in [0.15, 0.2) is 11.6 Å². The standard InChI is InChI=1S/C17H24F2/c1-4-7-14(8-5-2)9-6-10-15-12-11-13(3)16(18)17(15)19/h4,7,11-12,14H,5-6,8-10H2,1-3H3/b7-4+. The number of halogens is 2. The van der Waals surface area contributed by atoms with Crippen LogP contribution in [0.1, 0.15) is 50.7 Å². The van der Waals surface area contributed by atoms with Crippen LogP contribution in [-0.2, 0) is 6.42 Å². The molecule has 0 N–H and O–H groups in total. The summed E-state index contributed by atoms with van der Waals surface area (Å²) >= 11 is 0. The molecule has 0 radical (unpaired) electrons. The van der Waals surface area contributed by atoms with E-state index in [2.05, 4.69) is 19.1 Å². The van der Waals surface area contributed by atoms with Crippen molar-refractivity contribution < 1.29 is 8.78 Å². The molecule has 2 heteroatoms. The van der Waals surface area contributed by atoms with Crippen LogP contribution < -0.4 is 0 Å². The topological polar surface area (TPSA) is 0 Å². The van der Waals surface area contributed by atoms with Gasteiger partial charge >= 0.3 is 0 Å². The molecule has 0 fully saturated rings. The lowest BCUT2D eigenvalue weighted by molar-refractivity contribution is 0.481. The fraction of sp³-hybridized carbons (Fsp3) is 0.529. The second-order valence-corrected chi connectivity index (χ2v) is 5.14. The van der Waals surface area contributed by atoms with Crippen molar-refractivity contribution in [3.05, 3.63) is 47.0 Å². The van der Waals surface area contributed by atoms with E-state index in [1.807, 2.05) is 6.92 Å². The highest BCUT2D eigenvalue weighted by atomic mass is 19.2. The monoisotopic (exact) mass is 266 g/mol. The Hall–Kier alpha value is -1.18. The Labute approximate surface area is 115 Å². The van der Waals surface area contributed by atoms with Crippen LogP contribution in [0, 0.1) is 24.5 Å². The largest absolute Gasteiger partial charge is 0.203 e. The van der Waals surface area contributed by atoms with Gasteiger partial charge in [0, 0.05) is 0 Å². The first-order valence-corrected chi connectivity index (χ1v) is 7.16. The quantitative estimate of drug-likeness (QED) is 0.564. The minimum Gasteiger partial charge on any atom is -0.203 e. The number of rotatable bonds is 7. The van der Waals surface area contributed by atoms with Crippen LogP contribution in [0.3, 0.4) is 0 Å². The molecular weight excluding hydrogens is 242 g/mol. The third kappa shape index (κ3) is 4.77. The maximum absolute atomic E-state index is 13.7. The van der Waals surface area contributed by atoms with Gasteiger partial charge in [-0.05, 0) is 56.6 Å². The first-order chi connectivity index (χ1) is 9.10. The van der Waals surface area contributed by atoms with Gasteiger partial charge in [0.2, 0.25) is 0 Å². The SMILES string of the molecule is C/C=C/C(CCC)CCCc1ccc(C)c(F)c1F. The van der Waals surface area contributed by atoms with Gasteiger partial charge in [-0.15, -0.1) is 0 Å². The molecule has 0 aliphatic rings. The Morgan fingerprint density at radius 2 is 1.89 bits per heavy atom. The third-order valence-corrected chi connectivity index (χ3v) is 3.50. The molecule has 0 bridgehead atoms. The molecular formula is C17H24F2. The van der Waals surface area contributed by atoms with Crippen molar-refractivity contribution in [2.45, 2.75) is 52.9 Å². The lowest BCUT2D eigenvalue weighted by Crippen LogP contribution is -2.00. The van der Waals surface area contributed by atoms with Gasteiger partial charge in [0.05, 0.1) is 0 Å². The summed E-state index contributed by atoms with van der Waals surface area (Å²) in [5, 5.41) is 0. The van der Waals surface area contributed by atoms with E-state index in [0.717, 1.165) is 25.7 Å². The van der Waals surface area contributed by atoms with E-state index in [1.54, 1.807) is 19.1 Å². The van der Waals surface area contributed by atoms with Crippen LogP contribution >= 0.6 is 0 Å². The predicted molar refractivity (Wildman–Crippen MR) is 77.2 cm³/mol. The van der Waals surface area contributed by atoms with Gasteiger partial charge in [-0.3, -0.25) is 0 Å². The van der Waals surface area contributed by atoms with Gasteiger partial charge in [-0.25, -0.2) is 8.78 Å². The maximum Gasteiger partial charge on any atom is 0.162 e. The first kappa shape index (κ1) is 15.9. The van der Waals surface area contributed by atoms with E-state index in [0.29, 0.717) is 23.5 Å². The second kappa shape index (κ2) is 8.08. The Morgan fingerprint density at radius 3 is 2.53 bits per heavy atom. The molecule has 19 heavy (non-hydrogen) atoms. The molecule has 1 aromatic carbocycles. The van der Waals surface area contributed by atoms with E-state index in [1.165, 1.54) is 0 Å². The second-order valence-electron chi connectivity index (χ2n) is 5.14. The summed E-state index contributed by atoms with van der Waals surface area (Å²) in [6, 6.07) is 3.36. The molecule has 0 heterocycles. The van der Waals surface area contributed by atoms with Crippen molar-refractivity contribution in [3.63, 3.8) is 0 Å². The summed E-state index contributed by atoms with van der Waals surface area (Å²) < 4.78 is 27.1. The molecule has 1 aromatic rings. The van der Waals surface area contributed by atoms with Crippen LogP contribution in [0.5, 0.6) is 0 Å². The average molecular weight is 266 g/mol. The molecule has 0 nitrogen and oxygen atoms in total. The summed E-state index contributed by atoms with van der Waals surface area (Å²) in [6.07, 6.45) is 9.15. The van der Waals surface area contributed by atoms with Crippen molar-refractivity contribution in [3.8, 4) is 0 Å². The van der Waals surface area contributed by atoms with Gasteiger partial charge in [0.25, 0.3) is 0 Å². The number of allylic oxidation sites excluding steroid dienone is 2. The molecule has 0 aliphatic carbocycles. The third-order valence-electron chi connectivity index (χ3n) is 3.50. The van der Waals surface area contributed by atoms with Crippen LogP contribution in [-0.4, -0.2) is 0 Å². The van der Waals surface area contributed by atoms with Gasteiger partial charge in [-0.1, -0.05) is 37.6 Å². The molecule has 1 unspecified atom stereocenters. The molecule has 1 rings (SSSR count).